The van der Waals surface area contributed by atoms with Crippen molar-refractivity contribution in [3.05, 3.63) is 35.5 Å². The van der Waals surface area contributed by atoms with E-state index in [1.165, 1.54) is 19.3 Å². The van der Waals surface area contributed by atoms with Crippen molar-refractivity contribution in [3.63, 3.8) is 0 Å². The Morgan fingerprint density at radius 2 is 1.70 bits per heavy atom. The zero-order valence-corrected chi connectivity index (χ0v) is 20.7. The number of aliphatic hydroxyl groups is 1. The first-order chi connectivity index (χ1) is 14.0. The molecule has 30 heavy (non-hydrogen) atoms. The molecule has 1 heteroatoms. The van der Waals surface area contributed by atoms with Crippen molar-refractivity contribution in [2.45, 2.75) is 99.5 Å². The van der Waals surface area contributed by atoms with Crippen LogP contribution >= 0.6 is 0 Å². The zero-order valence-electron chi connectivity index (χ0n) is 20.7. The monoisotopic (exact) mass is 410 g/mol. The van der Waals surface area contributed by atoms with Crippen molar-refractivity contribution in [1.29, 1.82) is 0 Å². The van der Waals surface area contributed by atoms with Crippen LogP contribution in [-0.2, 0) is 0 Å². The van der Waals surface area contributed by atoms with Crippen LogP contribution in [0.2, 0.25) is 0 Å². The van der Waals surface area contributed by atoms with Gasteiger partial charge >= 0.3 is 0 Å². The Hall–Kier alpha value is -0.820. The van der Waals surface area contributed by atoms with Crippen molar-refractivity contribution in [1.82, 2.24) is 0 Å². The summed E-state index contributed by atoms with van der Waals surface area (Å²) < 4.78 is 0. The lowest BCUT2D eigenvalue weighted by Gasteiger charge is -2.57. The van der Waals surface area contributed by atoms with Crippen molar-refractivity contribution in [3.8, 4) is 0 Å². The molecule has 4 aliphatic rings. The Balaban J connectivity index is 1.64. The van der Waals surface area contributed by atoms with Gasteiger partial charge in [-0.1, -0.05) is 72.8 Å². The van der Waals surface area contributed by atoms with E-state index in [4.69, 9.17) is 0 Å². The molecule has 0 aromatic heterocycles. The molecule has 1 nitrogen and oxygen atoms in total. The van der Waals surface area contributed by atoms with Gasteiger partial charge in [0.05, 0.1) is 6.10 Å². The van der Waals surface area contributed by atoms with Crippen molar-refractivity contribution >= 4 is 0 Å². The van der Waals surface area contributed by atoms with Gasteiger partial charge in [0.1, 0.15) is 0 Å². The summed E-state index contributed by atoms with van der Waals surface area (Å²) in [6, 6.07) is 0. The molecule has 0 amide bonds. The molecule has 0 unspecified atom stereocenters. The highest BCUT2D eigenvalue weighted by Crippen LogP contribution is 2.70. The van der Waals surface area contributed by atoms with Crippen LogP contribution in [0.3, 0.4) is 0 Å². The Labute approximate surface area is 186 Å². The number of aliphatic hydroxyl groups excluding tert-OH is 1. The van der Waals surface area contributed by atoms with Crippen LogP contribution in [0.25, 0.3) is 0 Å². The second kappa shape index (κ2) is 7.65. The largest absolute Gasteiger partial charge is 0.393 e. The molecule has 0 saturated heterocycles. The molecule has 2 saturated carbocycles. The van der Waals surface area contributed by atoms with Gasteiger partial charge < -0.3 is 5.11 Å². The van der Waals surface area contributed by atoms with Crippen molar-refractivity contribution < 1.29 is 5.11 Å². The molecule has 0 radical (unpaired) electrons. The lowest BCUT2D eigenvalue weighted by atomic mass is 9.47. The van der Waals surface area contributed by atoms with Crippen LogP contribution < -0.4 is 0 Å². The Bertz CT molecular complexity index is 756. The van der Waals surface area contributed by atoms with Crippen LogP contribution in [0.4, 0.5) is 0 Å². The second-order valence-corrected chi connectivity index (χ2v) is 12.5. The van der Waals surface area contributed by atoms with E-state index in [2.05, 4.69) is 72.8 Å². The van der Waals surface area contributed by atoms with Gasteiger partial charge in [0.2, 0.25) is 0 Å². The minimum atomic E-state index is -0.0835. The lowest BCUT2D eigenvalue weighted by Crippen LogP contribution is -2.48. The van der Waals surface area contributed by atoms with E-state index in [9.17, 15) is 5.11 Å². The number of fused-ring (bicyclic) bond motifs is 5. The molecule has 0 aromatic carbocycles. The van der Waals surface area contributed by atoms with Crippen molar-refractivity contribution in [2.24, 2.45) is 45.8 Å². The van der Waals surface area contributed by atoms with E-state index in [1.54, 1.807) is 11.1 Å². The quantitative estimate of drug-likeness (QED) is 0.470. The summed E-state index contributed by atoms with van der Waals surface area (Å²) in [6.45, 7) is 17.2. The van der Waals surface area contributed by atoms with Crippen molar-refractivity contribution in [2.75, 3.05) is 0 Å². The molecule has 2 fully saturated rings. The molecule has 4 rings (SSSR count). The highest BCUT2D eigenvalue weighted by molar-refractivity contribution is 5.49. The molecule has 4 aliphatic carbocycles. The first-order valence-electron chi connectivity index (χ1n) is 12.8. The summed E-state index contributed by atoms with van der Waals surface area (Å²) in [5, 5.41) is 10.3. The number of allylic oxidation sites excluding steroid dienone is 6. The number of rotatable bonds is 4. The Kier molecular flexibility index (Phi) is 5.70. The average Bonchev–Trinajstić information content (AvgIpc) is 2.97. The summed E-state index contributed by atoms with van der Waals surface area (Å²) in [4.78, 5) is 0. The van der Waals surface area contributed by atoms with Crippen LogP contribution in [0.5, 0.6) is 0 Å². The summed E-state index contributed by atoms with van der Waals surface area (Å²) in [5.74, 6) is 3.40. The van der Waals surface area contributed by atoms with Gasteiger partial charge in [0.15, 0.2) is 0 Å². The van der Waals surface area contributed by atoms with Crippen LogP contribution in [0.15, 0.2) is 35.5 Å². The normalized spacial score (nSPS) is 45.4. The topological polar surface area (TPSA) is 20.2 Å². The maximum atomic E-state index is 10.3. The van der Waals surface area contributed by atoms with E-state index >= 15 is 0 Å². The molecule has 8 atom stereocenters. The third kappa shape index (κ3) is 3.21. The van der Waals surface area contributed by atoms with E-state index < -0.39 is 0 Å². The average molecular weight is 411 g/mol. The molecule has 0 bridgehead atoms. The molecule has 0 spiro atoms. The molecule has 0 aromatic rings. The maximum absolute atomic E-state index is 10.3. The molecule has 168 valence electrons. The third-order valence-corrected chi connectivity index (χ3v) is 10.7. The van der Waals surface area contributed by atoms with Crippen LogP contribution in [0, 0.1) is 45.8 Å². The predicted molar refractivity (Wildman–Crippen MR) is 128 cm³/mol. The summed E-state index contributed by atoms with van der Waals surface area (Å²) >= 11 is 0. The summed E-state index contributed by atoms with van der Waals surface area (Å²) in [7, 11) is 0. The number of hydrogen-bond donors (Lipinski definition) is 1. The smallest absolute Gasteiger partial charge is 0.0543 e. The van der Waals surface area contributed by atoms with Gasteiger partial charge in [-0.05, 0) is 102 Å². The standard InChI is InChI=1S/C29H46O/c1-19(2)20(3)8-9-21(4)24-13-16-29(7)26-11-10-22-18-23(30)12-15-27(22,5)25(26)14-17-28(24,29)6/h8-9,11,14,19-24,30H,10,12-13,15-18H2,1-7H3/b9-8+/t20-,21+,22-,23-,24+,27-,28+,29-/m0/s1. The molecule has 0 heterocycles. The SMILES string of the molecule is CC(C)[C@@H](C)/C=C/[C@@H](C)[C@H]1CC[C@@]2(C)C3=CC[C@H]4C[C@@H](O)CC[C@]4(C)C3=CC[C@]12C. The van der Waals surface area contributed by atoms with E-state index in [0.717, 1.165) is 31.6 Å². The van der Waals surface area contributed by atoms with Gasteiger partial charge in [0, 0.05) is 0 Å². The second-order valence-electron chi connectivity index (χ2n) is 12.5. The van der Waals surface area contributed by atoms with Gasteiger partial charge in [-0.25, -0.2) is 0 Å². The zero-order chi connectivity index (χ0) is 21.9. The van der Waals surface area contributed by atoms with Gasteiger partial charge in [0.25, 0.3) is 0 Å². The summed E-state index contributed by atoms with van der Waals surface area (Å²) in [6.07, 6.45) is 18.4. The van der Waals surface area contributed by atoms with E-state index in [-0.39, 0.29) is 11.5 Å². The lowest BCUT2D eigenvalue weighted by molar-refractivity contribution is 0.0220. The Morgan fingerprint density at radius 3 is 2.40 bits per heavy atom. The third-order valence-electron chi connectivity index (χ3n) is 10.7. The molecule has 0 aliphatic heterocycles. The van der Waals surface area contributed by atoms with Crippen LogP contribution in [0.1, 0.15) is 93.4 Å². The fourth-order valence-corrected chi connectivity index (χ4v) is 7.77. The molecular weight excluding hydrogens is 364 g/mol. The van der Waals surface area contributed by atoms with E-state index in [0.29, 0.717) is 34.5 Å². The highest BCUT2D eigenvalue weighted by Gasteiger charge is 2.61. The first kappa shape index (κ1) is 22.4. The highest BCUT2D eigenvalue weighted by atomic mass is 16.3. The maximum Gasteiger partial charge on any atom is 0.0543 e. The fraction of sp³-hybridized carbons (Fsp3) is 0.793. The van der Waals surface area contributed by atoms with Gasteiger partial charge in [-0.15, -0.1) is 0 Å². The fourth-order valence-electron chi connectivity index (χ4n) is 7.77. The predicted octanol–water partition coefficient (Wildman–Crippen LogP) is 7.72. The molecule has 1 N–H and O–H groups in total. The molecular formula is C29H46O. The minimum absolute atomic E-state index is 0.0835. The number of hydrogen-bond acceptors (Lipinski definition) is 1. The Morgan fingerprint density at radius 1 is 0.967 bits per heavy atom. The van der Waals surface area contributed by atoms with E-state index in [1.807, 2.05) is 0 Å². The first-order valence-corrected chi connectivity index (χ1v) is 12.8. The van der Waals surface area contributed by atoms with Crippen LogP contribution in [-0.4, -0.2) is 11.2 Å². The summed E-state index contributed by atoms with van der Waals surface area (Å²) in [5.41, 5.74) is 4.30. The van der Waals surface area contributed by atoms with Gasteiger partial charge in [-0.3, -0.25) is 0 Å². The minimum Gasteiger partial charge on any atom is -0.393 e. The van der Waals surface area contributed by atoms with Gasteiger partial charge in [-0.2, -0.15) is 0 Å².